The number of aliphatic hydroxyl groups is 1. The van der Waals surface area contributed by atoms with Gasteiger partial charge in [-0.05, 0) is 25.0 Å². The summed E-state index contributed by atoms with van der Waals surface area (Å²) in [5, 5.41) is 12.0. The first-order valence-corrected chi connectivity index (χ1v) is 5.80. The number of aromatic nitrogens is 1. The summed E-state index contributed by atoms with van der Waals surface area (Å²) in [6, 6.07) is 2.31. The van der Waals surface area contributed by atoms with Crippen LogP contribution in [0.2, 0.25) is 0 Å². The highest BCUT2D eigenvalue weighted by Gasteiger charge is 2.41. The van der Waals surface area contributed by atoms with Crippen molar-refractivity contribution >= 4 is 0 Å². The van der Waals surface area contributed by atoms with E-state index < -0.39 is 11.7 Å². The molecule has 1 aliphatic rings. The highest BCUT2D eigenvalue weighted by molar-refractivity contribution is 5.22. The Morgan fingerprint density at radius 3 is 2.67 bits per heavy atom. The topological polar surface area (TPSA) is 45.1 Å². The summed E-state index contributed by atoms with van der Waals surface area (Å²) < 4.78 is 38.0. The molecule has 3 nitrogen and oxygen atoms in total. The molecule has 0 radical (unpaired) electrons. The molecule has 0 bridgehead atoms. The first-order valence-electron chi connectivity index (χ1n) is 5.80. The van der Waals surface area contributed by atoms with Crippen LogP contribution in [0.3, 0.4) is 0 Å². The number of nitrogens with zero attached hydrogens (tertiary/aromatic N) is 1. The quantitative estimate of drug-likeness (QED) is 0.850. The van der Waals surface area contributed by atoms with Crippen molar-refractivity contribution < 1.29 is 18.3 Å². The Morgan fingerprint density at radius 2 is 2.11 bits per heavy atom. The number of halogens is 3. The minimum atomic E-state index is -4.38. The number of hydrogen-bond donors (Lipinski definition) is 2. The summed E-state index contributed by atoms with van der Waals surface area (Å²) in [5.41, 5.74) is -0.822. The SMILES string of the molecule is OCC1(CNCc2ncccc2C(F)(F)F)CC1. The van der Waals surface area contributed by atoms with Crippen molar-refractivity contribution in [3.05, 3.63) is 29.6 Å². The average molecular weight is 260 g/mol. The lowest BCUT2D eigenvalue weighted by atomic mass is 10.1. The molecule has 0 saturated heterocycles. The molecule has 1 heterocycles. The fourth-order valence-electron chi connectivity index (χ4n) is 1.85. The van der Waals surface area contributed by atoms with Crippen LogP contribution < -0.4 is 5.32 Å². The Balaban J connectivity index is 1.97. The lowest BCUT2D eigenvalue weighted by Crippen LogP contribution is -2.27. The first kappa shape index (κ1) is 13.3. The zero-order valence-electron chi connectivity index (χ0n) is 9.80. The van der Waals surface area contributed by atoms with Gasteiger partial charge in [-0.25, -0.2) is 0 Å². The van der Waals surface area contributed by atoms with Crippen LogP contribution in [0.15, 0.2) is 18.3 Å². The van der Waals surface area contributed by atoms with Crippen LogP contribution in [0, 0.1) is 5.41 Å². The lowest BCUT2D eigenvalue weighted by molar-refractivity contribution is -0.138. The molecule has 0 atom stereocenters. The van der Waals surface area contributed by atoms with E-state index in [-0.39, 0.29) is 24.3 Å². The Morgan fingerprint density at radius 1 is 1.39 bits per heavy atom. The number of nitrogens with one attached hydrogen (secondary N) is 1. The molecule has 6 heteroatoms. The first-order chi connectivity index (χ1) is 8.47. The largest absolute Gasteiger partial charge is 0.418 e. The minimum Gasteiger partial charge on any atom is -0.396 e. The van der Waals surface area contributed by atoms with Crippen LogP contribution in [-0.2, 0) is 12.7 Å². The van der Waals surface area contributed by atoms with E-state index in [9.17, 15) is 13.2 Å². The van der Waals surface area contributed by atoms with Crippen molar-refractivity contribution in [3.8, 4) is 0 Å². The molecule has 1 saturated carbocycles. The molecular formula is C12H15F3N2O. The van der Waals surface area contributed by atoms with Crippen LogP contribution in [-0.4, -0.2) is 23.2 Å². The standard InChI is InChI=1S/C12H15F3N2O/c13-12(14,15)9-2-1-5-17-10(9)6-16-7-11(8-18)3-4-11/h1-2,5,16,18H,3-4,6-8H2. The van der Waals surface area contributed by atoms with Gasteiger partial charge in [0, 0.05) is 31.3 Å². The number of rotatable bonds is 5. The summed E-state index contributed by atoms with van der Waals surface area (Å²) in [6.07, 6.45) is -1.18. The van der Waals surface area contributed by atoms with Crippen LogP contribution >= 0.6 is 0 Å². The van der Waals surface area contributed by atoms with E-state index in [2.05, 4.69) is 10.3 Å². The van der Waals surface area contributed by atoms with Crippen molar-refractivity contribution in [2.75, 3.05) is 13.2 Å². The summed E-state index contributed by atoms with van der Waals surface area (Å²) in [4.78, 5) is 3.77. The second-order valence-corrected chi connectivity index (χ2v) is 4.76. The smallest absolute Gasteiger partial charge is 0.396 e. The highest BCUT2D eigenvalue weighted by atomic mass is 19.4. The second-order valence-electron chi connectivity index (χ2n) is 4.76. The van der Waals surface area contributed by atoms with Gasteiger partial charge in [0.25, 0.3) is 0 Å². The van der Waals surface area contributed by atoms with Gasteiger partial charge in [0.15, 0.2) is 0 Å². The zero-order valence-corrected chi connectivity index (χ0v) is 9.80. The maximum Gasteiger partial charge on any atom is 0.418 e. The van der Waals surface area contributed by atoms with Crippen molar-refractivity contribution in [2.45, 2.75) is 25.6 Å². The third-order valence-electron chi connectivity index (χ3n) is 3.28. The Kier molecular flexibility index (Phi) is 3.59. The molecule has 0 amide bonds. The van der Waals surface area contributed by atoms with Crippen molar-refractivity contribution in [1.82, 2.24) is 10.3 Å². The summed E-state index contributed by atoms with van der Waals surface area (Å²) in [7, 11) is 0. The minimum absolute atomic E-state index is 0.00117. The number of pyridine rings is 1. The summed E-state index contributed by atoms with van der Waals surface area (Å²) in [5.74, 6) is 0. The predicted molar refractivity (Wildman–Crippen MR) is 59.7 cm³/mol. The van der Waals surface area contributed by atoms with Gasteiger partial charge in [0.05, 0.1) is 11.3 Å². The van der Waals surface area contributed by atoms with Crippen LogP contribution in [0.1, 0.15) is 24.1 Å². The van der Waals surface area contributed by atoms with Gasteiger partial charge in [-0.2, -0.15) is 13.2 Å². The van der Waals surface area contributed by atoms with Crippen molar-refractivity contribution in [2.24, 2.45) is 5.41 Å². The maximum atomic E-state index is 12.7. The lowest BCUT2D eigenvalue weighted by Gasteiger charge is -2.15. The monoisotopic (exact) mass is 260 g/mol. The van der Waals surface area contributed by atoms with E-state index in [1.165, 1.54) is 12.3 Å². The number of aliphatic hydroxyl groups excluding tert-OH is 1. The molecule has 1 aliphatic carbocycles. The molecule has 1 aromatic heterocycles. The molecule has 18 heavy (non-hydrogen) atoms. The van der Waals surface area contributed by atoms with E-state index in [0.717, 1.165) is 18.9 Å². The number of hydrogen-bond acceptors (Lipinski definition) is 3. The van der Waals surface area contributed by atoms with Gasteiger partial charge in [-0.3, -0.25) is 4.98 Å². The van der Waals surface area contributed by atoms with Gasteiger partial charge in [-0.15, -0.1) is 0 Å². The van der Waals surface area contributed by atoms with Crippen LogP contribution in [0.25, 0.3) is 0 Å². The van der Waals surface area contributed by atoms with E-state index >= 15 is 0 Å². The molecule has 0 spiro atoms. The normalized spacial score (nSPS) is 17.8. The predicted octanol–water partition coefficient (Wildman–Crippen LogP) is 1.96. The van der Waals surface area contributed by atoms with Crippen LogP contribution in [0.4, 0.5) is 13.2 Å². The fraction of sp³-hybridized carbons (Fsp3) is 0.583. The molecule has 1 aromatic rings. The van der Waals surface area contributed by atoms with E-state index in [4.69, 9.17) is 5.11 Å². The van der Waals surface area contributed by atoms with Gasteiger partial charge < -0.3 is 10.4 Å². The Bertz CT molecular complexity index is 416. The summed E-state index contributed by atoms with van der Waals surface area (Å²) >= 11 is 0. The third-order valence-corrected chi connectivity index (χ3v) is 3.28. The molecule has 2 rings (SSSR count). The maximum absolute atomic E-state index is 12.7. The Hall–Kier alpha value is -1.14. The third kappa shape index (κ3) is 3.00. The average Bonchev–Trinajstić information content (AvgIpc) is 3.09. The molecule has 100 valence electrons. The van der Waals surface area contributed by atoms with Gasteiger partial charge >= 0.3 is 6.18 Å². The highest BCUT2D eigenvalue weighted by Crippen LogP contribution is 2.44. The molecule has 0 unspecified atom stereocenters. The van der Waals surface area contributed by atoms with Gasteiger partial charge in [0.2, 0.25) is 0 Å². The van der Waals surface area contributed by atoms with Crippen LogP contribution in [0.5, 0.6) is 0 Å². The van der Waals surface area contributed by atoms with E-state index in [1.807, 2.05) is 0 Å². The molecular weight excluding hydrogens is 245 g/mol. The second kappa shape index (κ2) is 4.85. The molecule has 0 aromatic carbocycles. The van der Waals surface area contributed by atoms with Gasteiger partial charge in [-0.1, -0.05) is 0 Å². The number of alkyl halides is 3. The van der Waals surface area contributed by atoms with Crippen molar-refractivity contribution in [3.63, 3.8) is 0 Å². The van der Waals surface area contributed by atoms with E-state index in [1.54, 1.807) is 0 Å². The van der Waals surface area contributed by atoms with Gasteiger partial charge in [0.1, 0.15) is 0 Å². The summed E-state index contributed by atoms with van der Waals surface area (Å²) in [6.45, 7) is 0.670. The van der Waals surface area contributed by atoms with E-state index in [0.29, 0.717) is 6.54 Å². The Labute approximate surface area is 103 Å². The van der Waals surface area contributed by atoms with Crippen molar-refractivity contribution in [1.29, 1.82) is 0 Å². The zero-order chi connectivity index (χ0) is 13.2. The molecule has 1 fully saturated rings. The molecule has 2 N–H and O–H groups in total. The fourth-order valence-corrected chi connectivity index (χ4v) is 1.85. The molecule has 0 aliphatic heterocycles.